The SMILES string of the molecule is CC(=O)Nc1nc(C)c(-c2cc3c(c(P(C)(C)=O)c2)C(=O)N([C@@H](C)C2CC2)C3)s1. The second kappa shape index (κ2) is 7.06. The van der Waals surface area contributed by atoms with Gasteiger partial charge in [-0.3, -0.25) is 9.59 Å². The van der Waals surface area contributed by atoms with Crippen molar-refractivity contribution >= 4 is 40.7 Å². The molecular weight excluding hydrogens is 405 g/mol. The lowest BCUT2D eigenvalue weighted by Gasteiger charge is -2.24. The number of rotatable bonds is 5. The second-order valence-electron chi connectivity index (χ2n) is 8.51. The van der Waals surface area contributed by atoms with Crippen LogP contribution in [0.25, 0.3) is 10.4 Å². The molecule has 0 bridgehead atoms. The number of carbonyl (C=O) groups excluding carboxylic acids is 2. The van der Waals surface area contributed by atoms with Crippen LogP contribution >= 0.6 is 18.5 Å². The van der Waals surface area contributed by atoms with E-state index in [0.29, 0.717) is 28.5 Å². The molecule has 2 heterocycles. The van der Waals surface area contributed by atoms with Crippen molar-refractivity contribution in [3.8, 4) is 10.4 Å². The molecule has 2 aliphatic rings. The number of amides is 2. The maximum absolute atomic E-state index is 13.2. The number of anilines is 1. The first kappa shape index (κ1) is 20.3. The van der Waals surface area contributed by atoms with Gasteiger partial charge in [0.2, 0.25) is 5.91 Å². The van der Waals surface area contributed by atoms with Crippen molar-refractivity contribution in [1.82, 2.24) is 9.88 Å². The van der Waals surface area contributed by atoms with Gasteiger partial charge in [-0.1, -0.05) is 11.3 Å². The van der Waals surface area contributed by atoms with Crippen molar-refractivity contribution in [2.24, 2.45) is 5.92 Å². The molecule has 154 valence electrons. The Morgan fingerprint density at radius 1 is 1.34 bits per heavy atom. The van der Waals surface area contributed by atoms with E-state index < -0.39 is 7.14 Å². The summed E-state index contributed by atoms with van der Waals surface area (Å²) in [5.41, 5.74) is 3.27. The summed E-state index contributed by atoms with van der Waals surface area (Å²) in [5.74, 6) is 0.418. The summed E-state index contributed by atoms with van der Waals surface area (Å²) >= 11 is 1.40. The summed E-state index contributed by atoms with van der Waals surface area (Å²) in [6.07, 6.45) is 2.34. The summed E-state index contributed by atoms with van der Waals surface area (Å²) in [6.45, 7) is 9.46. The fourth-order valence-corrected chi connectivity index (χ4v) is 6.27. The molecule has 1 aromatic carbocycles. The summed E-state index contributed by atoms with van der Waals surface area (Å²) in [7, 11) is -2.67. The van der Waals surface area contributed by atoms with Gasteiger partial charge in [0.25, 0.3) is 5.91 Å². The van der Waals surface area contributed by atoms with Gasteiger partial charge >= 0.3 is 0 Å². The van der Waals surface area contributed by atoms with Gasteiger partial charge in [-0.05, 0) is 69.2 Å². The molecule has 1 saturated carbocycles. The average molecular weight is 431 g/mol. The molecule has 1 atom stereocenters. The third-order valence-electron chi connectivity index (χ3n) is 5.73. The van der Waals surface area contributed by atoms with E-state index in [1.54, 1.807) is 13.3 Å². The van der Waals surface area contributed by atoms with E-state index in [9.17, 15) is 14.2 Å². The van der Waals surface area contributed by atoms with E-state index in [4.69, 9.17) is 0 Å². The molecule has 6 nitrogen and oxygen atoms in total. The summed E-state index contributed by atoms with van der Waals surface area (Å²) in [4.78, 5) is 31.9. The zero-order valence-electron chi connectivity index (χ0n) is 17.4. The number of hydrogen-bond acceptors (Lipinski definition) is 5. The zero-order valence-corrected chi connectivity index (χ0v) is 19.1. The number of aromatic nitrogens is 1. The van der Waals surface area contributed by atoms with E-state index in [1.165, 1.54) is 31.1 Å². The Labute approximate surface area is 175 Å². The Morgan fingerprint density at radius 2 is 2.03 bits per heavy atom. The maximum Gasteiger partial charge on any atom is 0.255 e. The predicted molar refractivity (Wildman–Crippen MR) is 118 cm³/mol. The van der Waals surface area contributed by atoms with Crippen LogP contribution in [0.2, 0.25) is 0 Å². The third-order valence-corrected chi connectivity index (χ3v) is 8.37. The van der Waals surface area contributed by atoms with Crippen molar-refractivity contribution < 1.29 is 14.2 Å². The number of fused-ring (bicyclic) bond motifs is 1. The highest BCUT2D eigenvalue weighted by Crippen LogP contribution is 2.44. The normalized spacial score (nSPS) is 17.4. The molecular formula is C21H26N3O3PS. The van der Waals surface area contributed by atoms with Crippen LogP contribution in [0.5, 0.6) is 0 Å². The fraction of sp³-hybridized carbons (Fsp3) is 0.476. The standard InChI is InChI=1S/C21H26N3O3PS/c1-11-19(29-21(22-11)23-13(3)25)15-8-16-10-24(12(2)14-6-7-14)20(26)18(16)17(9-15)28(4,5)27/h8-9,12,14H,6-7,10H2,1-5H3,(H,22,23,25)/t12-/m0/s1. The van der Waals surface area contributed by atoms with E-state index >= 15 is 0 Å². The Hall–Kier alpha value is -1.98. The first-order valence-corrected chi connectivity index (χ1v) is 13.3. The molecule has 0 spiro atoms. The Morgan fingerprint density at radius 3 is 2.62 bits per heavy atom. The van der Waals surface area contributed by atoms with Gasteiger partial charge in [0.1, 0.15) is 7.14 Å². The lowest BCUT2D eigenvalue weighted by molar-refractivity contribution is -0.114. The van der Waals surface area contributed by atoms with Gasteiger partial charge in [-0.2, -0.15) is 0 Å². The number of aryl methyl sites for hydroxylation is 1. The van der Waals surface area contributed by atoms with Gasteiger partial charge in [0, 0.05) is 24.8 Å². The highest BCUT2D eigenvalue weighted by Gasteiger charge is 2.41. The summed E-state index contributed by atoms with van der Waals surface area (Å²) in [6, 6.07) is 4.13. The molecule has 1 aromatic heterocycles. The Kier molecular flexibility index (Phi) is 4.94. The molecule has 1 aliphatic heterocycles. The molecule has 2 amide bonds. The van der Waals surface area contributed by atoms with Crippen molar-refractivity contribution in [3.63, 3.8) is 0 Å². The van der Waals surface area contributed by atoms with Crippen LogP contribution < -0.4 is 10.6 Å². The molecule has 29 heavy (non-hydrogen) atoms. The van der Waals surface area contributed by atoms with Crippen LogP contribution in [0.3, 0.4) is 0 Å². The topological polar surface area (TPSA) is 79.4 Å². The first-order chi connectivity index (χ1) is 13.6. The van der Waals surface area contributed by atoms with Crippen LogP contribution in [-0.4, -0.2) is 41.1 Å². The number of nitrogens with zero attached hydrogens (tertiary/aromatic N) is 2. The predicted octanol–water partition coefficient (Wildman–Crippen LogP) is 4.08. The van der Waals surface area contributed by atoms with Gasteiger partial charge in [0.15, 0.2) is 5.13 Å². The highest BCUT2D eigenvalue weighted by molar-refractivity contribution is 7.70. The summed E-state index contributed by atoms with van der Waals surface area (Å²) < 4.78 is 13.1. The quantitative estimate of drug-likeness (QED) is 0.724. The third kappa shape index (κ3) is 3.78. The van der Waals surface area contributed by atoms with E-state index in [0.717, 1.165) is 21.7 Å². The minimum absolute atomic E-state index is 0.00448. The van der Waals surface area contributed by atoms with E-state index in [1.807, 2.05) is 24.0 Å². The molecule has 1 N–H and O–H groups in total. The van der Waals surface area contributed by atoms with Crippen LogP contribution in [0.1, 0.15) is 48.3 Å². The molecule has 1 aliphatic carbocycles. The summed E-state index contributed by atoms with van der Waals surface area (Å²) in [5, 5.41) is 3.93. The molecule has 4 rings (SSSR count). The average Bonchev–Trinajstić information content (AvgIpc) is 3.33. The van der Waals surface area contributed by atoms with Crippen molar-refractivity contribution in [2.75, 3.05) is 18.6 Å². The molecule has 1 fully saturated rings. The van der Waals surface area contributed by atoms with Gasteiger partial charge in [-0.25, -0.2) is 4.98 Å². The van der Waals surface area contributed by atoms with Crippen molar-refractivity contribution in [2.45, 2.75) is 46.2 Å². The van der Waals surface area contributed by atoms with Gasteiger partial charge in [0.05, 0.1) is 16.1 Å². The van der Waals surface area contributed by atoms with Crippen LogP contribution in [-0.2, 0) is 15.9 Å². The molecule has 0 radical (unpaired) electrons. The Bertz CT molecular complexity index is 1070. The largest absolute Gasteiger partial charge is 0.331 e. The minimum atomic E-state index is -2.67. The number of nitrogens with one attached hydrogen (secondary N) is 1. The minimum Gasteiger partial charge on any atom is -0.331 e. The van der Waals surface area contributed by atoms with Crippen LogP contribution in [0, 0.1) is 12.8 Å². The van der Waals surface area contributed by atoms with Crippen molar-refractivity contribution in [3.05, 3.63) is 29.0 Å². The van der Waals surface area contributed by atoms with Crippen LogP contribution in [0.15, 0.2) is 12.1 Å². The molecule has 0 unspecified atom stereocenters. The monoisotopic (exact) mass is 431 g/mol. The highest BCUT2D eigenvalue weighted by atomic mass is 32.1. The number of benzene rings is 1. The lowest BCUT2D eigenvalue weighted by atomic mass is 10.0. The second-order valence-corrected chi connectivity index (χ2v) is 12.7. The fourth-order valence-electron chi connectivity index (χ4n) is 4.04. The molecule has 2 aromatic rings. The van der Waals surface area contributed by atoms with Crippen molar-refractivity contribution in [1.29, 1.82) is 0 Å². The lowest BCUT2D eigenvalue weighted by Crippen LogP contribution is -2.35. The van der Waals surface area contributed by atoms with E-state index in [2.05, 4.69) is 17.2 Å². The smallest absolute Gasteiger partial charge is 0.255 e. The van der Waals surface area contributed by atoms with Gasteiger partial charge in [-0.15, -0.1) is 0 Å². The number of thiazole rings is 1. The first-order valence-electron chi connectivity index (χ1n) is 9.85. The maximum atomic E-state index is 13.2. The Balaban J connectivity index is 1.81. The van der Waals surface area contributed by atoms with Gasteiger partial charge < -0.3 is 14.8 Å². The van der Waals surface area contributed by atoms with E-state index in [-0.39, 0.29) is 17.9 Å². The molecule has 0 saturated heterocycles. The number of hydrogen-bond donors (Lipinski definition) is 1. The van der Waals surface area contributed by atoms with Crippen LogP contribution in [0.4, 0.5) is 5.13 Å². The molecule has 8 heteroatoms. The zero-order chi connectivity index (χ0) is 21.1. The number of carbonyl (C=O) groups is 2.